The van der Waals surface area contributed by atoms with Gasteiger partial charge in [0, 0.05) is 12.6 Å². The molecule has 0 aromatic heterocycles. The molecule has 0 aliphatic heterocycles. The second kappa shape index (κ2) is 10.4. The van der Waals surface area contributed by atoms with Gasteiger partial charge in [0.05, 0.1) is 0 Å². The Balaban J connectivity index is 1.99. The van der Waals surface area contributed by atoms with Crippen molar-refractivity contribution >= 4 is 18.0 Å². The van der Waals surface area contributed by atoms with E-state index >= 15 is 0 Å². The van der Waals surface area contributed by atoms with Crippen LogP contribution < -0.4 is 10.8 Å². The highest BCUT2D eigenvalue weighted by Crippen LogP contribution is 2.25. The maximum atomic E-state index is 12.9. The summed E-state index contributed by atoms with van der Waals surface area (Å²) in [4.78, 5) is 23.9. The van der Waals surface area contributed by atoms with Crippen LogP contribution >= 0.6 is 0 Å². The molecular weight excluding hydrogens is 356 g/mol. The first kappa shape index (κ1) is 22.1. The number of nitrogens with one attached hydrogen (secondary N) is 2. The van der Waals surface area contributed by atoms with Crippen molar-refractivity contribution in [2.24, 2.45) is 5.92 Å². The van der Waals surface area contributed by atoms with Crippen molar-refractivity contribution < 1.29 is 19.5 Å². The minimum Gasteiger partial charge on any atom is -0.461 e. The van der Waals surface area contributed by atoms with Gasteiger partial charge in [-0.2, -0.15) is 0 Å². The number of hydrogen-bond acceptors (Lipinski definition) is 5. The first-order valence-electron chi connectivity index (χ1n) is 9.99. The fourth-order valence-corrected chi connectivity index (χ4v) is 3.58. The first-order valence-corrected chi connectivity index (χ1v) is 9.99. The van der Waals surface area contributed by atoms with E-state index in [0.29, 0.717) is 18.9 Å². The zero-order chi connectivity index (χ0) is 20.6. The molecule has 28 heavy (non-hydrogen) atoms. The molecule has 0 spiro atoms. The van der Waals surface area contributed by atoms with Crippen molar-refractivity contribution in [2.75, 3.05) is 0 Å². The lowest BCUT2D eigenvalue weighted by Crippen LogP contribution is -2.51. The fourth-order valence-electron chi connectivity index (χ4n) is 3.58. The van der Waals surface area contributed by atoms with Crippen molar-refractivity contribution in [2.45, 2.75) is 71.1 Å². The molecule has 1 fully saturated rings. The topological polar surface area (TPSA) is 87.7 Å². The summed E-state index contributed by atoms with van der Waals surface area (Å²) < 4.78 is 5.78. The molecule has 1 atom stereocenters. The van der Waals surface area contributed by atoms with Crippen LogP contribution in [0.15, 0.2) is 30.3 Å². The molecule has 6 nitrogen and oxygen atoms in total. The number of carbonyl (C=O) groups excluding carboxylic acids is 2. The molecule has 1 aromatic rings. The molecule has 1 aromatic carbocycles. The highest BCUT2D eigenvalue weighted by Gasteiger charge is 2.37. The molecular formula is C22H32N2O4. The fraction of sp³-hybridized carbons (Fsp3) is 0.545. The number of amides is 1. The summed E-state index contributed by atoms with van der Waals surface area (Å²) in [6.45, 7) is 6.68. The second-order valence-electron chi connectivity index (χ2n) is 8.15. The van der Waals surface area contributed by atoms with Crippen molar-refractivity contribution in [3.8, 4) is 0 Å². The van der Waals surface area contributed by atoms with Gasteiger partial charge in [-0.1, -0.05) is 38.1 Å². The van der Waals surface area contributed by atoms with Gasteiger partial charge in [-0.3, -0.25) is 20.1 Å². The summed E-state index contributed by atoms with van der Waals surface area (Å²) in [5.41, 5.74) is 2.71. The molecule has 0 radical (unpaired) electrons. The Bertz CT molecular complexity index is 678. The summed E-state index contributed by atoms with van der Waals surface area (Å²) in [6.07, 6.45) is 7.83. The zero-order valence-electron chi connectivity index (χ0n) is 17.0. The third-order valence-corrected chi connectivity index (χ3v) is 5.04. The monoisotopic (exact) mass is 388 g/mol. The lowest BCUT2D eigenvalue weighted by molar-refractivity contribution is -0.157. The van der Waals surface area contributed by atoms with Gasteiger partial charge in [0.2, 0.25) is 0 Å². The van der Waals surface area contributed by atoms with Crippen LogP contribution in [0.4, 0.5) is 0 Å². The number of benzene rings is 1. The van der Waals surface area contributed by atoms with E-state index in [1.807, 2.05) is 31.2 Å². The molecule has 154 valence electrons. The molecule has 1 saturated carbocycles. The van der Waals surface area contributed by atoms with Gasteiger partial charge in [-0.05, 0) is 62.1 Å². The zero-order valence-corrected chi connectivity index (χ0v) is 17.0. The Morgan fingerprint density at radius 2 is 1.89 bits per heavy atom. The smallest absolute Gasteiger partial charge is 0.326 e. The predicted molar refractivity (Wildman–Crippen MR) is 108 cm³/mol. The Hall–Kier alpha value is -2.18. The van der Waals surface area contributed by atoms with Gasteiger partial charge in [0.15, 0.2) is 0 Å². The summed E-state index contributed by atoms with van der Waals surface area (Å²) in [6, 6.07) is 7.66. The van der Waals surface area contributed by atoms with Crippen molar-refractivity contribution in [3.63, 3.8) is 0 Å². The highest BCUT2D eigenvalue weighted by atomic mass is 16.5. The summed E-state index contributed by atoms with van der Waals surface area (Å²) in [7, 11) is 0. The van der Waals surface area contributed by atoms with Crippen molar-refractivity contribution in [1.82, 2.24) is 10.8 Å². The first-order chi connectivity index (χ1) is 13.3. The number of carbonyl (C=O) groups is 2. The van der Waals surface area contributed by atoms with E-state index in [4.69, 9.17) is 9.94 Å². The van der Waals surface area contributed by atoms with E-state index in [-0.39, 0.29) is 12.1 Å². The SMILES string of the molecule is CC(C)C[C@](C)(NCc1ccc(/C=C/C(=O)NO)cc1)C(=O)OC1CCCC1. The van der Waals surface area contributed by atoms with Crippen LogP contribution in [-0.4, -0.2) is 28.7 Å². The molecule has 6 heteroatoms. The maximum absolute atomic E-state index is 12.9. The molecule has 0 bridgehead atoms. The molecule has 3 N–H and O–H groups in total. The largest absolute Gasteiger partial charge is 0.461 e. The summed E-state index contributed by atoms with van der Waals surface area (Å²) in [5.74, 6) is -0.377. The van der Waals surface area contributed by atoms with Crippen molar-refractivity contribution in [3.05, 3.63) is 41.5 Å². The normalized spacial score (nSPS) is 17.0. The highest BCUT2D eigenvalue weighted by molar-refractivity contribution is 5.90. The number of esters is 1. The lowest BCUT2D eigenvalue weighted by Gasteiger charge is -2.31. The van der Waals surface area contributed by atoms with Crippen LogP contribution in [0, 0.1) is 5.92 Å². The van der Waals surface area contributed by atoms with Gasteiger partial charge in [0.25, 0.3) is 5.91 Å². The maximum Gasteiger partial charge on any atom is 0.326 e. The molecule has 0 unspecified atom stereocenters. The van der Waals surface area contributed by atoms with Crippen LogP contribution in [-0.2, 0) is 20.9 Å². The van der Waals surface area contributed by atoms with E-state index in [1.165, 1.54) is 6.08 Å². The van der Waals surface area contributed by atoms with Gasteiger partial charge in [0.1, 0.15) is 11.6 Å². The third kappa shape index (κ3) is 6.77. The Morgan fingerprint density at radius 3 is 2.46 bits per heavy atom. The molecule has 1 aliphatic carbocycles. The van der Waals surface area contributed by atoms with E-state index < -0.39 is 11.4 Å². The van der Waals surface area contributed by atoms with Crippen LogP contribution in [0.5, 0.6) is 0 Å². The minimum atomic E-state index is -0.728. The quantitative estimate of drug-likeness (QED) is 0.260. The predicted octanol–water partition coefficient (Wildman–Crippen LogP) is 3.59. The molecule has 0 heterocycles. The van der Waals surface area contributed by atoms with E-state index in [9.17, 15) is 9.59 Å². The van der Waals surface area contributed by atoms with E-state index in [1.54, 1.807) is 11.6 Å². The minimum absolute atomic E-state index is 0.0583. The van der Waals surface area contributed by atoms with Gasteiger partial charge in [-0.25, -0.2) is 5.48 Å². The molecule has 0 saturated heterocycles. The molecule has 1 amide bonds. The molecule has 2 rings (SSSR count). The number of ether oxygens (including phenoxy) is 1. The summed E-state index contributed by atoms with van der Waals surface area (Å²) >= 11 is 0. The van der Waals surface area contributed by atoms with Crippen LogP contribution in [0.25, 0.3) is 6.08 Å². The number of hydroxylamine groups is 1. The van der Waals surface area contributed by atoms with Crippen LogP contribution in [0.3, 0.4) is 0 Å². The van der Waals surface area contributed by atoms with E-state index in [0.717, 1.165) is 36.8 Å². The standard InChI is InChI=1S/C22H32N2O4/c1-16(2)14-22(3,21(26)28-19-6-4-5-7-19)23-15-18-10-8-17(9-11-18)12-13-20(25)24-27/h8-13,16,19,23,27H,4-7,14-15H2,1-3H3,(H,24,25)/b13-12+/t22-/m0/s1. The van der Waals surface area contributed by atoms with Gasteiger partial charge < -0.3 is 4.74 Å². The van der Waals surface area contributed by atoms with E-state index in [2.05, 4.69) is 19.2 Å². The Morgan fingerprint density at radius 1 is 1.25 bits per heavy atom. The number of rotatable bonds is 9. The molecule has 1 aliphatic rings. The average Bonchev–Trinajstić information content (AvgIpc) is 3.17. The van der Waals surface area contributed by atoms with Crippen molar-refractivity contribution in [1.29, 1.82) is 0 Å². The average molecular weight is 389 g/mol. The Kier molecular flexibility index (Phi) is 8.20. The summed E-state index contributed by atoms with van der Waals surface area (Å²) in [5, 5.41) is 11.9. The van der Waals surface area contributed by atoms with Gasteiger partial charge in [-0.15, -0.1) is 0 Å². The lowest BCUT2D eigenvalue weighted by atomic mass is 9.90. The third-order valence-electron chi connectivity index (χ3n) is 5.04. The van der Waals surface area contributed by atoms with Crippen LogP contribution in [0.1, 0.15) is 64.0 Å². The van der Waals surface area contributed by atoms with Crippen LogP contribution in [0.2, 0.25) is 0 Å². The van der Waals surface area contributed by atoms with Gasteiger partial charge >= 0.3 is 5.97 Å². The second-order valence-corrected chi connectivity index (χ2v) is 8.15. The Labute approximate surface area is 167 Å². The number of hydrogen-bond donors (Lipinski definition) is 3.